The Morgan fingerprint density at radius 3 is 2.79 bits per heavy atom. The molecule has 0 saturated carbocycles. The quantitative estimate of drug-likeness (QED) is 0.685. The van der Waals surface area contributed by atoms with Crippen molar-refractivity contribution in [2.75, 3.05) is 18.0 Å². The van der Waals surface area contributed by atoms with Gasteiger partial charge in [0.15, 0.2) is 0 Å². The van der Waals surface area contributed by atoms with E-state index in [4.69, 9.17) is 23.2 Å². The summed E-state index contributed by atoms with van der Waals surface area (Å²) in [5.74, 6) is -0.0177. The van der Waals surface area contributed by atoms with Crippen LogP contribution in [0.2, 0.25) is 10.0 Å². The van der Waals surface area contributed by atoms with Gasteiger partial charge in [0.05, 0.1) is 5.69 Å². The fraction of sp³-hybridized carbons (Fsp3) is 0.167. The fourth-order valence-electron chi connectivity index (χ4n) is 3.03. The van der Waals surface area contributed by atoms with Gasteiger partial charge in [-0.2, -0.15) is 0 Å². The number of thiophene rings is 1. The highest BCUT2D eigenvalue weighted by Gasteiger charge is 2.26. The molecule has 4 rings (SSSR count). The van der Waals surface area contributed by atoms with E-state index in [1.165, 1.54) is 11.3 Å². The van der Waals surface area contributed by atoms with Crippen molar-refractivity contribution in [1.82, 2.24) is 5.32 Å². The summed E-state index contributed by atoms with van der Waals surface area (Å²) in [6.07, 6.45) is 0. The number of fused-ring (bicyclic) bond motifs is 3. The number of halogens is 2. The molecule has 0 bridgehead atoms. The number of rotatable bonds is 2. The SMILES string of the molecule is O=C1NCCN(Cc2cccc(Cl)c2)c2c1sc1ccc(Cl)cc21. The van der Waals surface area contributed by atoms with E-state index in [1.54, 1.807) is 0 Å². The third kappa shape index (κ3) is 2.86. The lowest BCUT2D eigenvalue weighted by molar-refractivity contribution is 0.0962. The summed E-state index contributed by atoms with van der Waals surface area (Å²) in [5, 5.41) is 5.40. The molecule has 122 valence electrons. The van der Waals surface area contributed by atoms with Crippen molar-refractivity contribution in [3.8, 4) is 0 Å². The Labute approximate surface area is 153 Å². The minimum absolute atomic E-state index is 0.0177. The summed E-state index contributed by atoms with van der Waals surface area (Å²) in [4.78, 5) is 15.4. The van der Waals surface area contributed by atoms with E-state index in [2.05, 4.69) is 10.2 Å². The van der Waals surface area contributed by atoms with Crippen molar-refractivity contribution in [3.63, 3.8) is 0 Å². The Kier molecular flexibility index (Phi) is 4.12. The highest BCUT2D eigenvalue weighted by atomic mass is 35.5. The van der Waals surface area contributed by atoms with E-state index in [-0.39, 0.29) is 5.91 Å². The van der Waals surface area contributed by atoms with E-state index in [9.17, 15) is 4.79 Å². The zero-order valence-electron chi connectivity index (χ0n) is 12.7. The largest absolute Gasteiger partial charge is 0.364 e. The summed E-state index contributed by atoms with van der Waals surface area (Å²) < 4.78 is 1.07. The molecule has 1 aromatic heterocycles. The minimum Gasteiger partial charge on any atom is -0.364 e. The first kappa shape index (κ1) is 15.8. The normalized spacial score (nSPS) is 14.4. The van der Waals surface area contributed by atoms with Gasteiger partial charge in [0.1, 0.15) is 4.88 Å². The molecule has 0 atom stereocenters. The second-order valence-corrected chi connectivity index (χ2v) is 7.65. The first-order valence-electron chi connectivity index (χ1n) is 7.61. The lowest BCUT2D eigenvalue weighted by Crippen LogP contribution is -2.29. The summed E-state index contributed by atoms with van der Waals surface area (Å²) in [7, 11) is 0. The number of benzene rings is 2. The van der Waals surface area contributed by atoms with E-state index < -0.39 is 0 Å². The van der Waals surface area contributed by atoms with Crippen LogP contribution in [-0.4, -0.2) is 19.0 Å². The van der Waals surface area contributed by atoms with Crippen LogP contribution in [0, 0.1) is 0 Å². The molecule has 0 unspecified atom stereocenters. The minimum atomic E-state index is -0.0177. The van der Waals surface area contributed by atoms with Gasteiger partial charge in [-0.3, -0.25) is 4.79 Å². The number of carbonyl (C=O) groups excluding carboxylic acids is 1. The fourth-order valence-corrected chi connectivity index (χ4v) is 4.54. The van der Waals surface area contributed by atoms with Gasteiger partial charge in [0, 0.05) is 39.8 Å². The Morgan fingerprint density at radius 1 is 1.12 bits per heavy atom. The number of anilines is 1. The third-order valence-corrected chi connectivity index (χ3v) is 5.70. The van der Waals surface area contributed by atoms with E-state index in [1.807, 2.05) is 42.5 Å². The summed E-state index contributed by atoms with van der Waals surface area (Å²) in [6, 6.07) is 13.6. The van der Waals surface area contributed by atoms with Gasteiger partial charge in [-0.15, -0.1) is 11.3 Å². The van der Waals surface area contributed by atoms with Crippen molar-refractivity contribution < 1.29 is 4.79 Å². The molecule has 0 spiro atoms. The smallest absolute Gasteiger partial charge is 0.263 e. The van der Waals surface area contributed by atoms with Crippen LogP contribution in [0.5, 0.6) is 0 Å². The second kappa shape index (κ2) is 6.28. The number of nitrogens with one attached hydrogen (secondary N) is 1. The molecule has 0 aliphatic carbocycles. The molecule has 0 radical (unpaired) electrons. The summed E-state index contributed by atoms with van der Waals surface area (Å²) in [5.41, 5.74) is 2.08. The van der Waals surface area contributed by atoms with Crippen molar-refractivity contribution in [2.45, 2.75) is 6.54 Å². The van der Waals surface area contributed by atoms with Crippen LogP contribution in [0.3, 0.4) is 0 Å². The van der Waals surface area contributed by atoms with Gasteiger partial charge in [-0.1, -0.05) is 35.3 Å². The standard InChI is InChI=1S/C18H14Cl2N2OS/c19-12-3-1-2-11(8-12)10-22-7-6-21-18(23)17-16(22)14-9-13(20)4-5-15(14)24-17/h1-5,8-9H,6-7,10H2,(H,21,23). The van der Waals surface area contributed by atoms with Crippen LogP contribution in [0.25, 0.3) is 10.1 Å². The maximum atomic E-state index is 12.4. The number of amides is 1. The Balaban J connectivity index is 1.84. The monoisotopic (exact) mass is 376 g/mol. The first-order valence-corrected chi connectivity index (χ1v) is 9.19. The van der Waals surface area contributed by atoms with Crippen LogP contribution < -0.4 is 10.2 Å². The molecule has 2 heterocycles. The Morgan fingerprint density at radius 2 is 1.96 bits per heavy atom. The van der Waals surface area contributed by atoms with Crippen LogP contribution in [0.4, 0.5) is 5.69 Å². The maximum Gasteiger partial charge on any atom is 0.263 e. The van der Waals surface area contributed by atoms with E-state index >= 15 is 0 Å². The molecule has 2 aromatic carbocycles. The average Bonchev–Trinajstić information content (AvgIpc) is 2.85. The molecule has 6 heteroatoms. The van der Waals surface area contributed by atoms with E-state index in [0.29, 0.717) is 18.1 Å². The van der Waals surface area contributed by atoms with Crippen LogP contribution in [0.15, 0.2) is 42.5 Å². The topological polar surface area (TPSA) is 32.3 Å². The number of hydrogen-bond donors (Lipinski definition) is 1. The highest BCUT2D eigenvalue weighted by Crippen LogP contribution is 2.41. The second-order valence-electron chi connectivity index (χ2n) is 5.73. The van der Waals surface area contributed by atoms with Crippen molar-refractivity contribution >= 4 is 56.2 Å². The molecule has 24 heavy (non-hydrogen) atoms. The Hall–Kier alpha value is -1.75. The highest BCUT2D eigenvalue weighted by molar-refractivity contribution is 7.21. The van der Waals surface area contributed by atoms with Crippen molar-refractivity contribution in [1.29, 1.82) is 0 Å². The van der Waals surface area contributed by atoms with Gasteiger partial charge < -0.3 is 10.2 Å². The molecule has 1 N–H and O–H groups in total. The predicted octanol–water partition coefficient (Wildman–Crippen LogP) is 4.96. The van der Waals surface area contributed by atoms with Gasteiger partial charge in [0.25, 0.3) is 5.91 Å². The Bertz CT molecular complexity index is 938. The lowest BCUT2D eigenvalue weighted by atomic mass is 10.1. The molecule has 1 amide bonds. The first-order chi connectivity index (χ1) is 11.6. The molecule has 0 fully saturated rings. The molecular weight excluding hydrogens is 363 g/mol. The molecule has 1 aliphatic heterocycles. The average molecular weight is 377 g/mol. The van der Waals surface area contributed by atoms with Gasteiger partial charge >= 0.3 is 0 Å². The van der Waals surface area contributed by atoms with Crippen LogP contribution in [-0.2, 0) is 6.54 Å². The summed E-state index contributed by atoms with van der Waals surface area (Å²) in [6.45, 7) is 2.05. The summed E-state index contributed by atoms with van der Waals surface area (Å²) >= 11 is 13.8. The lowest BCUT2D eigenvalue weighted by Gasteiger charge is -2.23. The zero-order valence-corrected chi connectivity index (χ0v) is 15.0. The van der Waals surface area contributed by atoms with Gasteiger partial charge in [-0.05, 0) is 35.9 Å². The van der Waals surface area contributed by atoms with Crippen LogP contribution in [0.1, 0.15) is 15.2 Å². The maximum absolute atomic E-state index is 12.4. The predicted molar refractivity (Wildman–Crippen MR) is 102 cm³/mol. The van der Waals surface area contributed by atoms with Gasteiger partial charge in [0.2, 0.25) is 0 Å². The van der Waals surface area contributed by atoms with Crippen molar-refractivity contribution in [3.05, 3.63) is 63.0 Å². The van der Waals surface area contributed by atoms with Crippen molar-refractivity contribution in [2.24, 2.45) is 0 Å². The molecule has 3 aromatic rings. The van der Waals surface area contributed by atoms with E-state index in [0.717, 1.165) is 37.8 Å². The molecular formula is C18H14Cl2N2OS. The molecule has 3 nitrogen and oxygen atoms in total. The number of nitrogens with zero attached hydrogens (tertiary/aromatic N) is 1. The zero-order chi connectivity index (χ0) is 16.7. The number of hydrogen-bond acceptors (Lipinski definition) is 3. The third-order valence-electron chi connectivity index (χ3n) is 4.08. The number of carbonyl (C=O) groups is 1. The molecule has 1 aliphatic rings. The van der Waals surface area contributed by atoms with Gasteiger partial charge in [-0.25, -0.2) is 0 Å². The molecule has 0 saturated heterocycles. The van der Waals surface area contributed by atoms with Crippen LogP contribution >= 0.6 is 34.5 Å².